The van der Waals surface area contributed by atoms with Gasteiger partial charge in [-0.1, -0.05) is 66.4 Å². The molecule has 0 bridgehead atoms. The van der Waals surface area contributed by atoms with Crippen molar-refractivity contribution < 1.29 is 4.79 Å². The predicted octanol–water partition coefficient (Wildman–Crippen LogP) is 4.59. The summed E-state index contributed by atoms with van der Waals surface area (Å²) in [6.45, 7) is 0. The van der Waals surface area contributed by atoms with Crippen molar-refractivity contribution in [2.24, 2.45) is 0 Å². The Balaban J connectivity index is 1.36. The molecule has 0 radical (unpaired) electrons. The second-order valence-corrected chi connectivity index (χ2v) is 8.48. The first kappa shape index (κ1) is 20.3. The first-order valence-electron chi connectivity index (χ1n) is 9.95. The molecule has 1 N–H and O–H groups in total. The summed E-state index contributed by atoms with van der Waals surface area (Å²) in [4.78, 5) is 12.7. The average molecular weight is 459 g/mol. The Morgan fingerprint density at radius 2 is 1.69 bits per heavy atom. The van der Waals surface area contributed by atoms with Crippen LogP contribution in [0.5, 0.6) is 0 Å². The number of amides is 1. The van der Waals surface area contributed by atoms with Gasteiger partial charge in [0.2, 0.25) is 5.91 Å². The molecule has 0 spiro atoms. The van der Waals surface area contributed by atoms with E-state index in [4.69, 9.17) is 0 Å². The highest BCUT2D eigenvalue weighted by atomic mass is 32.2. The lowest BCUT2D eigenvalue weighted by atomic mass is 10.1. The van der Waals surface area contributed by atoms with Gasteiger partial charge in [0.1, 0.15) is 16.9 Å². The molecule has 0 saturated heterocycles. The van der Waals surface area contributed by atoms with Crippen molar-refractivity contribution in [3.8, 4) is 5.69 Å². The van der Waals surface area contributed by atoms with Gasteiger partial charge < -0.3 is 5.32 Å². The molecular formula is C23H18N6OS2. The molecule has 5 aromatic rings. The number of carbonyl (C=O) groups excluding carboxylic acids is 1. The summed E-state index contributed by atoms with van der Waals surface area (Å²) < 4.78 is 10.5. The molecule has 0 aliphatic carbocycles. The van der Waals surface area contributed by atoms with Gasteiger partial charge in [-0.25, -0.2) is 0 Å². The summed E-state index contributed by atoms with van der Waals surface area (Å²) in [6, 6.07) is 25.7. The van der Waals surface area contributed by atoms with Gasteiger partial charge in [0.15, 0.2) is 5.16 Å². The molecule has 1 amide bonds. The Kier molecular flexibility index (Phi) is 5.91. The molecule has 0 aliphatic rings. The predicted molar refractivity (Wildman–Crippen MR) is 127 cm³/mol. The van der Waals surface area contributed by atoms with Crippen molar-refractivity contribution >= 4 is 46.1 Å². The maximum absolute atomic E-state index is 12.7. The highest BCUT2D eigenvalue weighted by Gasteiger charge is 2.17. The Bertz CT molecular complexity index is 1350. The zero-order valence-corrected chi connectivity index (χ0v) is 18.5. The van der Waals surface area contributed by atoms with Crippen LogP contribution < -0.4 is 5.32 Å². The van der Waals surface area contributed by atoms with Gasteiger partial charge in [-0.15, -0.1) is 10.2 Å². The number of hydrogen-bond donors (Lipinski definition) is 1. The van der Waals surface area contributed by atoms with Crippen LogP contribution in [0, 0.1) is 0 Å². The second-order valence-electron chi connectivity index (χ2n) is 7.01. The van der Waals surface area contributed by atoms with E-state index in [0.717, 1.165) is 34.3 Å². The molecule has 2 heterocycles. The molecule has 158 valence electrons. The first-order chi connectivity index (χ1) is 15.8. The number of carbonyl (C=O) groups is 1. The Morgan fingerprint density at radius 1 is 0.906 bits per heavy atom. The van der Waals surface area contributed by atoms with Crippen molar-refractivity contribution in [3.63, 3.8) is 0 Å². The number of para-hydroxylation sites is 1. The van der Waals surface area contributed by atoms with E-state index in [1.54, 1.807) is 0 Å². The highest BCUT2D eigenvalue weighted by molar-refractivity contribution is 7.99. The van der Waals surface area contributed by atoms with Gasteiger partial charge >= 0.3 is 0 Å². The largest absolute Gasteiger partial charge is 0.323 e. The number of thioether (sulfide) groups is 1. The Morgan fingerprint density at radius 3 is 2.50 bits per heavy atom. The topological polar surface area (TPSA) is 85.6 Å². The second kappa shape index (κ2) is 9.29. The van der Waals surface area contributed by atoms with E-state index in [1.807, 2.05) is 71.3 Å². The fourth-order valence-corrected chi connectivity index (χ4v) is 4.67. The van der Waals surface area contributed by atoms with E-state index in [9.17, 15) is 4.79 Å². The van der Waals surface area contributed by atoms with Gasteiger partial charge in [0.05, 0.1) is 23.2 Å². The number of rotatable bonds is 7. The van der Waals surface area contributed by atoms with Crippen LogP contribution in [0.15, 0.2) is 84.0 Å². The van der Waals surface area contributed by atoms with Gasteiger partial charge in [-0.3, -0.25) is 9.36 Å². The minimum atomic E-state index is -0.136. The summed E-state index contributed by atoms with van der Waals surface area (Å²) in [5.74, 6) is 0.885. The maximum Gasteiger partial charge on any atom is 0.234 e. The van der Waals surface area contributed by atoms with Crippen molar-refractivity contribution in [1.29, 1.82) is 0 Å². The van der Waals surface area contributed by atoms with Gasteiger partial charge in [0.25, 0.3) is 0 Å². The van der Waals surface area contributed by atoms with E-state index >= 15 is 0 Å². The molecule has 0 fully saturated rings. The van der Waals surface area contributed by atoms with Gasteiger partial charge in [0, 0.05) is 12.1 Å². The third-order valence-corrected chi connectivity index (χ3v) is 6.28. The molecule has 0 aliphatic heterocycles. The number of nitrogens with one attached hydrogen (secondary N) is 1. The lowest BCUT2D eigenvalue weighted by Gasteiger charge is -2.10. The molecule has 9 heteroatoms. The van der Waals surface area contributed by atoms with Crippen molar-refractivity contribution in [2.75, 3.05) is 11.1 Å². The number of nitrogens with zero attached hydrogens (tertiary/aromatic N) is 5. The Labute approximate surface area is 192 Å². The molecule has 0 saturated carbocycles. The van der Waals surface area contributed by atoms with Crippen LogP contribution >= 0.6 is 23.5 Å². The summed E-state index contributed by atoms with van der Waals surface area (Å²) in [7, 11) is 0. The van der Waals surface area contributed by atoms with Crippen molar-refractivity contribution in [3.05, 3.63) is 90.3 Å². The average Bonchev–Trinajstić information content (AvgIpc) is 3.47. The van der Waals surface area contributed by atoms with Crippen LogP contribution in [0.3, 0.4) is 0 Å². The fraction of sp³-hybridized carbons (Fsp3) is 0.0870. The third kappa shape index (κ3) is 4.39. The fourth-order valence-electron chi connectivity index (χ4n) is 3.35. The molecule has 0 atom stereocenters. The number of fused-ring (bicyclic) bond motifs is 1. The molecule has 2 aromatic heterocycles. The number of hydrogen-bond acceptors (Lipinski definition) is 7. The standard InChI is InChI=1S/C23H18N6OS2/c30-21(24-18-12-7-13-19-22(18)28-32-27-19)15-31-23-26-25-20(14-16-8-3-1-4-9-16)29(23)17-10-5-2-6-11-17/h1-13H,14-15H2,(H,24,30). The molecule has 7 nitrogen and oxygen atoms in total. The smallest absolute Gasteiger partial charge is 0.234 e. The van der Waals surface area contributed by atoms with Crippen LogP contribution in [0.25, 0.3) is 16.7 Å². The van der Waals surface area contributed by atoms with E-state index in [0.29, 0.717) is 22.8 Å². The Hall–Kier alpha value is -3.56. The number of anilines is 1. The molecule has 3 aromatic carbocycles. The normalized spacial score (nSPS) is 11.0. The molecule has 32 heavy (non-hydrogen) atoms. The van der Waals surface area contributed by atoms with Crippen LogP contribution in [0.1, 0.15) is 11.4 Å². The summed E-state index contributed by atoms with van der Waals surface area (Å²) in [5.41, 5.74) is 4.25. The minimum absolute atomic E-state index is 0.136. The van der Waals surface area contributed by atoms with Gasteiger partial charge in [-0.05, 0) is 29.8 Å². The zero-order chi connectivity index (χ0) is 21.8. The van der Waals surface area contributed by atoms with Crippen molar-refractivity contribution in [1.82, 2.24) is 23.5 Å². The van der Waals surface area contributed by atoms with E-state index in [2.05, 4.69) is 36.4 Å². The number of aromatic nitrogens is 5. The van der Waals surface area contributed by atoms with Crippen LogP contribution in [-0.2, 0) is 11.2 Å². The third-order valence-electron chi connectivity index (χ3n) is 4.81. The lowest BCUT2D eigenvalue weighted by Crippen LogP contribution is -2.15. The maximum atomic E-state index is 12.7. The summed E-state index contributed by atoms with van der Waals surface area (Å²) in [5, 5.41) is 12.4. The monoisotopic (exact) mass is 458 g/mol. The lowest BCUT2D eigenvalue weighted by molar-refractivity contribution is -0.113. The van der Waals surface area contributed by atoms with Gasteiger partial charge in [-0.2, -0.15) is 8.75 Å². The quantitative estimate of drug-likeness (QED) is 0.359. The minimum Gasteiger partial charge on any atom is -0.323 e. The molecular weight excluding hydrogens is 440 g/mol. The van der Waals surface area contributed by atoms with E-state index in [1.165, 1.54) is 11.8 Å². The zero-order valence-electron chi connectivity index (χ0n) is 16.9. The first-order valence-corrected chi connectivity index (χ1v) is 11.7. The van der Waals surface area contributed by atoms with Crippen molar-refractivity contribution in [2.45, 2.75) is 11.6 Å². The SMILES string of the molecule is O=C(CSc1nnc(Cc2ccccc2)n1-c1ccccc1)Nc1cccc2nsnc12. The highest BCUT2D eigenvalue weighted by Crippen LogP contribution is 2.25. The molecule has 0 unspecified atom stereocenters. The number of benzene rings is 3. The summed E-state index contributed by atoms with van der Waals surface area (Å²) >= 11 is 2.48. The van der Waals surface area contributed by atoms with E-state index in [-0.39, 0.29) is 11.7 Å². The van der Waals surface area contributed by atoms with Crippen LogP contribution in [0.4, 0.5) is 5.69 Å². The summed E-state index contributed by atoms with van der Waals surface area (Å²) in [6.07, 6.45) is 0.647. The van der Waals surface area contributed by atoms with Crippen LogP contribution in [-0.4, -0.2) is 35.2 Å². The van der Waals surface area contributed by atoms with E-state index < -0.39 is 0 Å². The van der Waals surface area contributed by atoms with Crippen LogP contribution in [0.2, 0.25) is 0 Å². The molecule has 5 rings (SSSR count).